The summed E-state index contributed by atoms with van der Waals surface area (Å²) in [7, 11) is 0. The van der Waals surface area contributed by atoms with Gasteiger partial charge in [-0.25, -0.2) is 0 Å². The molecule has 0 saturated carbocycles. The standard InChI is InChI=1S/C18H14N4O4S/c1-2-9-21-17(24)15(16(23)19-18(21)27)11-14-4-3-10-20(14)12-5-7-13(8-6-12)22(25)26/h2-8,10-11H,1,9H2,(H,19,23,27)/b15-11+. The van der Waals surface area contributed by atoms with Gasteiger partial charge in [0.15, 0.2) is 5.11 Å². The number of nitro groups is 1. The van der Waals surface area contributed by atoms with Crippen molar-refractivity contribution in [2.24, 2.45) is 0 Å². The summed E-state index contributed by atoms with van der Waals surface area (Å²) in [5.41, 5.74) is 1.13. The predicted octanol–water partition coefficient (Wildman–Crippen LogP) is 2.20. The van der Waals surface area contributed by atoms with Crippen LogP contribution >= 0.6 is 12.2 Å². The molecule has 8 nitrogen and oxygen atoms in total. The van der Waals surface area contributed by atoms with Crippen molar-refractivity contribution in [3.63, 3.8) is 0 Å². The maximum atomic E-state index is 12.6. The van der Waals surface area contributed by atoms with Crippen molar-refractivity contribution < 1.29 is 14.5 Å². The first kappa shape index (κ1) is 18.2. The molecular formula is C18H14N4O4S. The molecule has 2 amide bonds. The molecule has 1 saturated heterocycles. The molecule has 3 rings (SSSR count). The molecule has 0 bridgehead atoms. The number of aromatic nitrogens is 1. The number of nitrogens with one attached hydrogen (secondary N) is 1. The van der Waals surface area contributed by atoms with Gasteiger partial charge in [0, 0.05) is 36.3 Å². The Morgan fingerprint density at radius 2 is 1.93 bits per heavy atom. The molecule has 9 heteroatoms. The number of carbonyl (C=O) groups excluding carboxylic acids is 2. The van der Waals surface area contributed by atoms with Crippen LogP contribution in [0.1, 0.15) is 5.69 Å². The lowest BCUT2D eigenvalue weighted by molar-refractivity contribution is -0.384. The van der Waals surface area contributed by atoms with E-state index in [0.29, 0.717) is 11.4 Å². The second-order valence-corrected chi connectivity index (χ2v) is 5.98. The van der Waals surface area contributed by atoms with Crippen LogP contribution in [-0.4, -0.2) is 37.9 Å². The van der Waals surface area contributed by atoms with Crippen LogP contribution in [0.25, 0.3) is 11.8 Å². The normalized spacial score (nSPS) is 15.8. The Bertz CT molecular complexity index is 991. The molecule has 1 fully saturated rings. The highest BCUT2D eigenvalue weighted by molar-refractivity contribution is 7.80. The van der Waals surface area contributed by atoms with Gasteiger partial charge in [-0.05, 0) is 42.6 Å². The summed E-state index contributed by atoms with van der Waals surface area (Å²) >= 11 is 5.02. The first-order chi connectivity index (χ1) is 12.9. The Morgan fingerprint density at radius 1 is 1.22 bits per heavy atom. The van der Waals surface area contributed by atoms with Crippen molar-refractivity contribution in [1.29, 1.82) is 0 Å². The zero-order chi connectivity index (χ0) is 19.6. The van der Waals surface area contributed by atoms with Crippen molar-refractivity contribution in [2.75, 3.05) is 6.54 Å². The van der Waals surface area contributed by atoms with Crippen LogP contribution in [0.2, 0.25) is 0 Å². The van der Waals surface area contributed by atoms with Crippen molar-refractivity contribution >= 4 is 40.9 Å². The van der Waals surface area contributed by atoms with Gasteiger partial charge in [0.2, 0.25) is 0 Å². The van der Waals surface area contributed by atoms with Gasteiger partial charge in [-0.2, -0.15) is 0 Å². The Hall–Kier alpha value is -3.59. The third-order valence-electron chi connectivity index (χ3n) is 3.91. The fourth-order valence-corrected chi connectivity index (χ4v) is 2.87. The third-order valence-corrected chi connectivity index (χ3v) is 4.23. The lowest BCUT2D eigenvalue weighted by Crippen LogP contribution is -2.53. The number of rotatable bonds is 5. The van der Waals surface area contributed by atoms with E-state index in [2.05, 4.69) is 11.9 Å². The first-order valence-corrected chi connectivity index (χ1v) is 8.25. The van der Waals surface area contributed by atoms with Gasteiger partial charge in [-0.3, -0.25) is 29.9 Å². The van der Waals surface area contributed by atoms with Crippen LogP contribution in [-0.2, 0) is 9.59 Å². The summed E-state index contributed by atoms with van der Waals surface area (Å²) in [6, 6.07) is 9.40. The minimum atomic E-state index is -0.582. The number of nitrogens with zero attached hydrogens (tertiary/aromatic N) is 3. The zero-order valence-corrected chi connectivity index (χ0v) is 14.8. The quantitative estimate of drug-likeness (QED) is 0.214. The molecule has 2 heterocycles. The molecule has 1 aromatic heterocycles. The van der Waals surface area contributed by atoms with Gasteiger partial charge in [-0.15, -0.1) is 6.58 Å². The fourth-order valence-electron chi connectivity index (χ4n) is 2.62. The average Bonchev–Trinajstić information content (AvgIpc) is 3.10. The number of carbonyl (C=O) groups is 2. The SMILES string of the molecule is C=CCN1C(=O)/C(=C/c2cccn2-c2ccc([N+](=O)[O-])cc2)C(=O)NC1=S. The van der Waals surface area contributed by atoms with E-state index in [1.807, 2.05) is 0 Å². The summed E-state index contributed by atoms with van der Waals surface area (Å²) < 4.78 is 1.71. The van der Waals surface area contributed by atoms with Gasteiger partial charge < -0.3 is 4.57 Å². The molecule has 27 heavy (non-hydrogen) atoms. The smallest absolute Gasteiger partial charge is 0.269 e. The average molecular weight is 382 g/mol. The maximum absolute atomic E-state index is 12.6. The van der Waals surface area contributed by atoms with Gasteiger partial charge in [-0.1, -0.05) is 6.08 Å². The van der Waals surface area contributed by atoms with E-state index in [-0.39, 0.29) is 22.9 Å². The highest BCUT2D eigenvalue weighted by atomic mass is 32.1. The number of benzene rings is 1. The molecule has 0 aliphatic carbocycles. The molecule has 0 atom stereocenters. The Labute approximate surface area is 159 Å². The van der Waals surface area contributed by atoms with Gasteiger partial charge in [0.25, 0.3) is 17.5 Å². The monoisotopic (exact) mass is 382 g/mol. The predicted molar refractivity (Wildman–Crippen MR) is 103 cm³/mol. The van der Waals surface area contributed by atoms with E-state index in [4.69, 9.17) is 12.2 Å². The van der Waals surface area contributed by atoms with Crippen molar-refractivity contribution in [3.05, 3.63) is 76.6 Å². The first-order valence-electron chi connectivity index (χ1n) is 7.84. The summed E-state index contributed by atoms with van der Waals surface area (Å²) in [5, 5.41) is 13.3. The third kappa shape index (κ3) is 3.53. The molecule has 1 aromatic carbocycles. The Morgan fingerprint density at radius 3 is 2.56 bits per heavy atom. The van der Waals surface area contributed by atoms with Crippen molar-refractivity contribution in [3.8, 4) is 5.69 Å². The number of amides is 2. The van der Waals surface area contributed by atoms with E-state index in [0.717, 1.165) is 0 Å². The van der Waals surface area contributed by atoms with E-state index in [9.17, 15) is 19.7 Å². The van der Waals surface area contributed by atoms with Crippen LogP contribution in [0, 0.1) is 10.1 Å². The highest BCUT2D eigenvalue weighted by Crippen LogP contribution is 2.20. The molecule has 1 aliphatic heterocycles. The molecule has 2 aromatic rings. The number of non-ortho nitro benzene ring substituents is 1. The fraction of sp³-hybridized carbons (Fsp3) is 0.0556. The van der Waals surface area contributed by atoms with E-state index in [1.54, 1.807) is 35.0 Å². The van der Waals surface area contributed by atoms with E-state index in [1.165, 1.54) is 29.2 Å². The Kier molecular flexibility index (Phi) is 4.95. The minimum absolute atomic E-state index is 0.0266. The summed E-state index contributed by atoms with van der Waals surface area (Å²) in [5.74, 6) is -1.10. The van der Waals surface area contributed by atoms with Gasteiger partial charge in [0.1, 0.15) is 5.57 Å². The molecule has 0 spiro atoms. The van der Waals surface area contributed by atoms with Crippen LogP contribution < -0.4 is 5.32 Å². The molecule has 136 valence electrons. The second-order valence-electron chi connectivity index (χ2n) is 5.60. The summed E-state index contributed by atoms with van der Waals surface area (Å²) in [6.07, 6.45) is 4.70. The largest absolute Gasteiger partial charge is 0.317 e. The van der Waals surface area contributed by atoms with Crippen LogP contribution in [0.5, 0.6) is 0 Å². The van der Waals surface area contributed by atoms with Crippen LogP contribution in [0.4, 0.5) is 5.69 Å². The topological polar surface area (TPSA) is 97.5 Å². The summed E-state index contributed by atoms with van der Waals surface area (Å²) in [4.78, 5) is 36.4. The number of hydrogen-bond acceptors (Lipinski definition) is 5. The van der Waals surface area contributed by atoms with Gasteiger partial charge in [0.05, 0.1) is 4.92 Å². The zero-order valence-electron chi connectivity index (χ0n) is 14.0. The lowest BCUT2D eigenvalue weighted by Gasteiger charge is -2.27. The number of thiocarbonyl (C=S) groups is 1. The van der Waals surface area contributed by atoms with Crippen molar-refractivity contribution in [2.45, 2.75) is 0 Å². The molecule has 0 radical (unpaired) electrons. The Balaban J connectivity index is 1.98. The van der Waals surface area contributed by atoms with Crippen LogP contribution in [0.15, 0.2) is 60.8 Å². The van der Waals surface area contributed by atoms with E-state index >= 15 is 0 Å². The minimum Gasteiger partial charge on any atom is -0.317 e. The maximum Gasteiger partial charge on any atom is 0.269 e. The van der Waals surface area contributed by atoms with Gasteiger partial charge >= 0.3 is 0 Å². The van der Waals surface area contributed by atoms with E-state index < -0.39 is 16.7 Å². The molecule has 0 unspecified atom stereocenters. The second kappa shape index (κ2) is 7.34. The number of nitro benzene ring substituents is 1. The molecule has 1 N–H and O–H groups in total. The molecular weight excluding hydrogens is 368 g/mol. The number of hydrogen-bond donors (Lipinski definition) is 1. The van der Waals surface area contributed by atoms with Crippen molar-refractivity contribution in [1.82, 2.24) is 14.8 Å². The highest BCUT2D eigenvalue weighted by Gasteiger charge is 2.32. The summed E-state index contributed by atoms with van der Waals surface area (Å²) in [6.45, 7) is 3.76. The lowest BCUT2D eigenvalue weighted by atomic mass is 10.1. The molecule has 1 aliphatic rings. The van der Waals surface area contributed by atoms with Crippen LogP contribution in [0.3, 0.4) is 0 Å².